The molecule has 0 spiro atoms. The smallest absolute Gasteiger partial charge is 0.218 e. The molecule has 0 amide bonds. The summed E-state index contributed by atoms with van der Waals surface area (Å²) in [6.45, 7) is 1.69. The number of nitrogens with zero attached hydrogens (tertiary/aromatic N) is 3. The highest BCUT2D eigenvalue weighted by Crippen LogP contribution is 2.66. The molecule has 2 fully saturated rings. The Bertz CT molecular complexity index is 1080. The van der Waals surface area contributed by atoms with Gasteiger partial charge in [0, 0.05) is 6.92 Å². The molecule has 6 nitrogen and oxygen atoms in total. The quantitative estimate of drug-likeness (QED) is 0.837. The Morgan fingerprint density at radius 2 is 1.53 bits per heavy atom. The standard InChI is InChI=1S/C24H20N4O2/c1-22-20(18-10-6-3-7-11-18)24(16-27,21(28)30-22)23(14-25,15-26)19(29-22)13-12-17-8-4-2-5-9-17/h2-11,19-20,28H,12-13H2,1H3. The van der Waals surface area contributed by atoms with Crippen molar-refractivity contribution in [2.75, 3.05) is 0 Å². The zero-order chi connectivity index (χ0) is 21.4. The van der Waals surface area contributed by atoms with Crippen LogP contribution < -0.4 is 0 Å². The molecule has 1 N–H and O–H groups in total. The zero-order valence-electron chi connectivity index (χ0n) is 16.5. The van der Waals surface area contributed by atoms with Gasteiger partial charge in [-0.3, -0.25) is 5.41 Å². The van der Waals surface area contributed by atoms with Crippen LogP contribution in [-0.2, 0) is 15.9 Å². The molecule has 2 aromatic rings. The van der Waals surface area contributed by atoms with Crippen molar-refractivity contribution in [3.05, 3.63) is 71.8 Å². The molecule has 0 saturated carbocycles. The maximum absolute atomic E-state index is 10.4. The van der Waals surface area contributed by atoms with Crippen molar-refractivity contribution >= 4 is 5.90 Å². The van der Waals surface area contributed by atoms with Crippen LogP contribution in [0.1, 0.15) is 30.4 Å². The van der Waals surface area contributed by atoms with E-state index in [9.17, 15) is 15.8 Å². The Kier molecular flexibility index (Phi) is 4.58. The second-order valence-electron chi connectivity index (χ2n) is 7.87. The largest absolute Gasteiger partial charge is 0.447 e. The normalized spacial score (nSPS) is 31.1. The lowest BCUT2D eigenvalue weighted by Crippen LogP contribution is -2.60. The molecule has 2 heterocycles. The molecule has 30 heavy (non-hydrogen) atoms. The minimum absolute atomic E-state index is 0.350. The van der Waals surface area contributed by atoms with Crippen molar-refractivity contribution < 1.29 is 9.47 Å². The number of fused-ring (bicyclic) bond motifs is 2. The van der Waals surface area contributed by atoms with E-state index in [1.165, 1.54) is 0 Å². The average molecular weight is 396 g/mol. The summed E-state index contributed by atoms with van der Waals surface area (Å²) in [5.74, 6) is -2.49. The van der Waals surface area contributed by atoms with Gasteiger partial charge in [-0.05, 0) is 24.0 Å². The molecule has 2 aromatic carbocycles. The van der Waals surface area contributed by atoms with Crippen molar-refractivity contribution in [1.82, 2.24) is 0 Å². The second kappa shape index (κ2) is 6.99. The van der Waals surface area contributed by atoms with Crippen molar-refractivity contribution in [3.8, 4) is 18.2 Å². The highest BCUT2D eigenvalue weighted by atomic mass is 16.7. The van der Waals surface area contributed by atoms with Crippen LogP contribution in [0.2, 0.25) is 0 Å². The van der Waals surface area contributed by atoms with Gasteiger partial charge < -0.3 is 9.47 Å². The summed E-state index contributed by atoms with van der Waals surface area (Å²) in [5.41, 5.74) is -1.92. The van der Waals surface area contributed by atoms with Crippen LogP contribution in [0.25, 0.3) is 0 Å². The topological polar surface area (TPSA) is 114 Å². The van der Waals surface area contributed by atoms with Crippen molar-refractivity contribution in [2.45, 2.75) is 37.6 Å². The van der Waals surface area contributed by atoms with Crippen LogP contribution in [0, 0.1) is 50.2 Å². The summed E-state index contributed by atoms with van der Waals surface area (Å²) in [5, 5.41) is 39.4. The van der Waals surface area contributed by atoms with E-state index in [1.54, 1.807) is 6.92 Å². The molecule has 2 aliphatic rings. The van der Waals surface area contributed by atoms with Gasteiger partial charge in [-0.15, -0.1) is 0 Å². The van der Waals surface area contributed by atoms with Gasteiger partial charge in [0.25, 0.3) is 0 Å². The maximum atomic E-state index is 10.4. The molecule has 2 saturated heterocycles. The summed E-state index contributed by atoms with van der Waals surface area (Å²) in [4.78, 5) is 0. The number of hydrogen-bond acceptors (Lipinski definition) is 6. The molecule has 4 rings (SSSR count). The molecular formula is C24H20N4O2. The summed E-state index contributed by atoms with van der Waals surface area (Å²) >= 11 is 0. The molecule has 2 bridgehead atoms. The molecule has 4 atom stereocenters. The number of aryl methyl sites for hydroxylation is 1. The minimum Gasteiger partial charge on any atom is -0.447 e. The molecule has 6 heteroatoms. The molecule has 0 radical (unpaired) electrons. The summed E-state index contributed by atoms with van der Waals surface area (Å²) in [7, 11) is 0. The van der Waals surface area contributed by atoms with E-state index in [0.29, 0.717) is 18.4 Å². The van der Waals surface area contributed by atoms with Crippen LogP contribution in [-0.4, -0.2) is 17.8 Å². The predicted octanol–water partition coefficient (Wildman–Crippen LogP) is 4.07. The SMILES string of the molecule is CC12OC(=N)C(C#N)(C1c1ccccc1)C(C#N)(C#N)C(CCc1ccccc1)O2. The molecule has 148 valence electrons. The number of benzene rings is 2. The fourth-order valence-corrected chi connectivity index (χ4v) is 4.96. The van der Waals surface area contributed by atoms with Gasteiger partial charge in [0.15, 0.2) is 10.8 Å². The molecule has 0 aliphatic carbocycles. The first kappa shape index (κ1) is 19.6. The highest BCUT2D eigenvalue weighted by molar-refractivity contribution is 5.90. The number of nitrogens with one attached hydrogen (secondary N) is 1. The van der Waals surface area contributed by atoms with E-state index in [4.69, 9.17) is 14.9 Å². The third-order valence-corrected chi connectivity index (χ3v) is 6.30. The van der Waals surface area contributed by atoms with Gasteiger partial charge in [-0.25, -0.2) is 0 Å². The van der Waals surface area contributed by atoms with E-state index in [1.807, 2.05) is 60.7 Å². The number of rotatable bonds is 4. The van der Waals surface area contributed by atoms with E-state index in [-0.39, 0.29) is 5.90 Å². The lowest BCUT2D eigenvalue weighted by molar-refractivity contribution is -0.251. The van der Waals surface area contributed by atoms with Gasteiger partial charge in [0.2, 0.25) is 11.7 Å². The van der Waals surface area contributed by atoms with Gasteiger partial charge in [0.05, 0.1) is 30.2 Å². The highest BCUT2D eigenvalue weighted by Gasteiger charge is 2.79. The van der Waals surface area contributed by atoms with Gasteiger partial charge in [-0.1, -0.05) is 60.7 Å². The Morgan fingerprint density at radius 3 is 2.10 bits per heavy atom. The van der Waals surface area contributed by atoms with E-state index in [2.05, 4.69) is 18.2 Å². The predicted molar refractivity (Wildman–Crippen MR) is 108 cm³/mol. The fourth-order valence-electron chi connectivity index (χ4n) is 4.96. The number of ether oxygens (including phenoxy) is 2. The van der Waals surface area contributed by atoms with Gasteiger partial charge >= 0.3 is 0 Å². The Hall–Kier alpha value is -3.66. The Balaban J connectivity index is 1.85. The first-order valence-electron chi connectivity index (χ1n) is 9.76. The van der Waals surface area contributed by atoms with E-state index < -0.39 is 28.6 Å². The Labute approximate surface area is 175 Å². The molecule has 4 unspecified atom stereocenters. The van der Waals surface area contributed by atoms with Gasteiger partial charge in [-0.2, -0.15) is 15.8 Å². The molecule has 0 aromatic heterocycles. The third-order valence-electron chi connectivity index (χ3n) is 6.30. The zero-order valence-corrected chi connectivity index (χ0v) is 16.5. The van der Waals surface area contributed by atoms with Crippen LogP contribution in [0.15, 0.2) is 60.7 Å². The van der Waals surface area contributed by atoms with E-state index in [0.717, 1.165) is 5.56 Å². The average Bonchev–Trinajstić information content (AvgIpc) is 2.96. The van der Waals surface area contributed by atoms with E-state index >= 15 is 0 Å². The molecule has 2 aliphatic heterocycles. The lowest BCUT2D eigenvalue weighted by Gasteiger charge is -2.48. The fraction of sp³-hybridized carbons (Fsp3) is 0.333. The minimum atomic E-state index is -1.88. The first-order chi connectivity index (χ1) is 14.5. The van der Waals surface area contributed by atoms with Crippen molar-refractivity contribution in [2.24, 2.45) is 10.8 Å². The molecular weight excluding hydrogens is 376 g/mol. The van der Waals surface area contributed by atoms with Crippen molar-refractivity contribution in [3.63, 3.8) is 0 Å². The van der Waals surface area contributed by atoms with Crippen molar-refractivity contribution in [1.29, 1.82) is 21.2 Å². The maximum Gasteiger partial charge on any atom is 0.218 e. The van der Waals surface area contributed by atoms with Gasteiger partial charge in [0.1, 0.15) is 0 Å². The monoisotopic (exact) mass is 396 g/mol. The van der Waals surface area contributed by atoms with Crippen LogP contribution >= 0.6 is 0 Å². The lowest BCUT2D eigenvalue weighted by atomic mass is 9.52. The summed E-state index contributed by atoms with van der Waals surface area (Å²) < 4.78 is 12.1. The Morgan fingerprint density at radius 1 is 0.933 bits per heavy atom. The van der Waals surface area contributed by atoms with Crippen LogP contribution in [0.3, 0.4) is 0 Å². The second-order valence-corrected chi connectivity index (χ2v) is 7.87. The van der Waals surface area contributed by atoms with Crippen LogP contribution in [0.4, 0.5) is 0 Å². The summed E-state index contributed by atoms with van der Waals surface area (Å²) in [6, 6.07) is 25.1. The third kappa shape index (κ3) is 2.47. The number of nitriles is 3. The summed E-state index contributed by atoms with van der Waals surface area (Å²) in [6.07, 6.45) is 0.0278. The van der Waals surface area contributed by atoms with Crippen LogP contribution in [0.5, 0.6) is 0 Å². The number of hydrogen-bond donors (Lipinski definition) is 1. The first-order valence-corrected chi connectivity index (χ1v) is 9.76.